The first-order valence-electron chi connectivity index (χ1n) is 9.25. The Balaban J connectivity index is 2.04. The minimum atomic E-state index is -0.695. The van der Waals surface area contributed by atoms with Gasteiger partial charge in [-0.25, -0.2) is 0 Å². The van der Waals surface area contributed by atoms with Crippen molar-refractivity contribution in [3.63, 3.8) is 0 Å². The third-order valence-corrected chi connectivity index (χ3v) is 4.39. The van der Waals surface area contributed by atoms with Crippen LogP contribution < -0.4 is 4.74 Å². The molecule has 4 heteroatoms. The SMILES string of the molecule is CCCC(=C=CC[C@@H](O)c1cccc(O)c1)C[C@@H](O)c1ccc(OC)cc1. The van der Waals surface area contributed by atoms with Gasteiger partial charge in [-0.15, -0.1) is 5.73 Å². The van der Waals surface area contributed by atoms with Crippen LogP contribution in [0, 0.1) is 0 Å². The molecule has 2 aromatic rings. The van der Waals surface area contributed by atoms with Crippen LogP contribution in [-0.2, 0) is 0 Å². The standard InChI is InChI=1S/C23H28O4/c1-3-6-17(15-23(26)18-11-13-21(27-2)14-12-18)7-4-10-22(25)19-8-5-9-20(24)16-19/h4-5,8-9,11-14,16,22-26H,3,6,10,15H2,1-2H3/t7?,22-,23-/m1/s1. The molecule has 0 aliphatic heterocycles. The number of hydrogen-bond acceptors (Lipinski definition) is 4. The van der Waals surface area contributed by atoms with E-state index in [-0.39, 0.29) is 5.75 Å². The van der Waals surface area contributed by atoms with Crippen molar-refractivity contribution >= 4 is 0 Å². The molecule has 2 aromatic carbocycles. The average Bonchev–Trinajstić information content (AvgIpc) is 2.68. The lowest BCUT2D eigenvalue weighted by Crippen LogP contribution is -1.99. The maximum atomic E-state index is 10.5. The first-order valence-corrected chi connectivity index (χ1v) is 9.25. The monoisotopic (exact) mass is 368 g/mol. The van der Waals surface area contributed by atoms with Crippen molar-refractivity contribution in [2.24, 2.45) is 0 Å². The van der Waals surface area contributed by atoms with Crippen LogP contribution in [0.1, 0.15) is 55.9 Å². The molecule has 0 unspecified atom stereocenters. The highest BCUT2D eigenvalue weighted by molar-refractivity contribution is 5.30. The third kappa shape index (κ3) is 6.61. The minimum Gasteiger partial charge on any atom is -0.508 e. The molecule has 0 spiro atoms. The zero-order valence-corrected chi connectivity index (χ0v) is 15.9. The molecule has 0 bridgehead atoms. The van der Waals surface area contributed by atoms with Gasteiger partial charge in [-0.1, -0.05) is 37.6 Å². The number of phenolic OH excluding ortho intramolecular Hbond substituents is 1. The number of aromatic hydroxyl groups is 1. The quantitative estimate of drug-likeness (QED) is 0.555. The number of phenols is 1. The van der Waals surface area contributed by atoms with E-state index in [1.54, 1.807) is 37.5 Å². The van der Waals surface area contributed by atoms with Crippen molar-refractivity contribution in [3.05, 3.63) is 77.0 Å². The van der Waals surface area contributed by atoms with Crippen LogP contribution in [0.15, 0.2) is 65.9 Å². The van der Waals surface area contributed by atoms with Crippen LogP contribution >= 0.6 is 0 Å². The second kappa shape index (κ2) is 10.6. The molecule has 0 radical (unpaired) electrons. The summed E-state index contributed by atoms with van der Waals surface area (Å²) in [6.07, 6.45) is 3.20. The highest BCUT2D eigenvalue weighted by atomic mass is 16.5. The fraction of sp³-hybridized carbons (Fsp3) is 0.348. The van der Waals surface area contributed by atoms with E-state index >= 15 is 0 Å². The molecule has 3 N–H and O–H groups in total. The molecule has 2 rings (SSSR count). The van der Waals surface area contributed by atoms with Crippen LogP contribution in [0.2, 0.25) is 0 Å². The molecule has 2 atom stereocenters. The maximum absolute atomic E-state index is 10.5. The summed E-state index contributed by atoms with van der Waals surface area (Å²) in [5.41, 5.74) is 5.77. The fourth-order valence-electron chi connectivity index (χ4n) is 2.90. The summed E-state index contributed by atoms with van der Waals surface area (Å²) in [5.74, 6) is 0.900. The van der Waals surface area contributed by atoms with Crippen LogP contribution in [0.3, 0.4) is 0 Å². The zero-order valence-electron chi connectivity index (χ0n) is 15.9. The number of aliphatic hydroxyl groups excluding tert-OH is 2. The van der Waals surface area contributed by atoms with E-state index in [1.807, 2.05) is 24.3 Å². The van der Waals surface area contributed by atoms with Crippen molar-refractivity contribution in [1.82, 2.24) is 0 Å². The van der Waals surface area contributed by atoms with Crippen molar-refractivity contribution < 1.29 is 20.1 Å². The number of hydrogen-bond donors (Lipinski definition) is 3. The Labute approximate surface area is 161 Å². The average molecular weight is 368 g/mol. The Morgan fingerprint density at radius 2 is 1.81 bits per heavy atom. The minimum absolute atomic E-state index is 0.139. The van der Waals surface area contributed by atoms with Gasteiger partial charge in [0.1, 0.15) is 11.5 Å². The van der Waals surface area contributed by atoms with E-state index in [0.717, 1.165) is 29.7 Å². The summed E-state index contributed by atoms with van der Waals surface area (Å²) < 4.78 is 5.14. The number of rotatable bonds is 9. The summed E-state index contributed by atoms with van der Waals surface area (Å²) >= 11 is 0. The van der Waals surface area contributed by atoms with Crippen LogP contribution in [0.5, 0.6) is 11.5 Å². The molecule has 0 fully saturated rings. The lowest BCUT2D eigenvalue weighted by atomic mass is 9.98. The van der Waals surface area contributed by atoms with Crippen molar-refractivity contribution in [3.8, 4) is 11.5 Å². The molecular formula is C23H28O4. The van der Waals surface area contributed by atoms with Gasteiger partial charge in [0.25, 0.3) is 0 Å². The second-order valence-corrected chi connectivity index (χ2v) is 6.54. The number of ether oxygens (including phenoxy) is 1. The molecular weight excluding hydrogens is 340 g/mol. The predicted octanol–water partition coefficient (Wildman–Crippen LogP) is 4.83. The first-order chi connectivity index (χ1) is 13.0. The van der Waals surface area contributed by atoms with E-state index < -0.39 is 12.2 Å². The van der Waals surface area contributed by atoms with Crippen molar-refractivity contribution in [1.29, 1.82) is 0 Å². The van der Waals surface area contributed by atoms with E-state index in [2.05, 4.69) is 12.7 Å². The van der Waals surface area contributed by atoms with Gasteiger partial charge in [-0.2, -0.15) is 0 Å². The molecule has 0 amide bonds. The normalized spacial score (nSPS) is 12.7. The summed E-state index contributed by atoms with van der Waals surface area (Å²) in [5, 5.41) is 30.3. The molecule has 0 aromatic heterocycles. The fourth-order valence-corrected chi connectivity index (χ4v) is 2.90. The highest BCUT2D eigenvalue weighted by Crippen LogP contribution is 2.25. The van der Waals surface area contributed by atoms with Crippen molar-refractivity contribution in [2.75, 3.05) is 7.11 Å². The number of benzene rings is 2. The predicted molar refractivity (Wildman–Crippen MR) is 107 cm³/mol. The van der Waals surface area contributed by atoms with Gasteiger partial charge in [0, 0.05) is 12.8 Å². The lowest BCUT2D eigenvalue weighted by molar-refractivity contribution is 0.177. The van der Waals surface area contributed by atoms with E-state index in [9.17, 15) is 15.3 Å². The number of methoxy groups -OCH3 is 1. The molecule has 0 saturated heterocycles. The van der Waals surface area contributed by atoms with E-state index in [0.29, 0.717) is 18.4 Å². The second-order valence-electron chi connectivity index (χ2n) is 6.54. The molecule has 0 heterocycles. The summed E-state index contributed by atoms with van der Waals surface area (Å²) in [7, 11) is 1.61. The van der Waals surface area contributed by atoms with Crippen LogP contribution in [0.4, 0.5) is 0 Å². The van der Waals surface area contributed by atoms with E-state index in [1.165, 1.54) is 0 Å². The van der Waals surface area contributed by atoms with Crippen molar-refractivity contribution in [2.45, 2.75) is 44.8 Å². The molecule has 0 aliphatic carbocycles. The topological polar surface area (TPSA) is 69.9 Å². The van der Waals surface area contributed by atoms with Crippen LogP contribution in [-0.4, -0.2) is 22.4 Å². The lowest BCUT2D eigenvalue weighted by Gasteiger charge is -2.13. The highest BCUT2D eigenvalue weighted by Gasteiger charge is 2.10. The molecule has 4 nitrogen and oxygen atoms in total. The van der Waals surface area contributed by atoms with Gasteiger partial charge < -0.3 is 20.1 Å². The molecule has 0 aliphatic rings. The molecule has 144 valence electrons. The first kappa shape index (κ1) is 20.8. The molecule has 0 saturated carbocycles. The largest absolute Gasteiger partial charge is 0.508 e. The Bertz CT molecular complexity index is 773. The van der Waals surface area contributed by atoms with Gasteiger partial charge >= 0.3 is 0 Å². The van der Waals surface area contributed by atoms with Gasteiger partial charge in [-0.3, -0.25) is 0 Å². The van der Waals surface area contributed by atoms with Gasteiger partial charge in [0.2, 0.25) is 0 Å². The Kier molecular flexibility index (Phi) is 8.15. The van der Waals surface area contributed by atoms with Gasteiger partial charge in [0.15, 0.2) is 0 Å². The van der Waals surface area contributed by atoms with E-state index in [4.69, 9.17) is 4.74 Å². The summed E-state index contributed by atoms with van der Waals surface area (Å²) in [4.78, 5) is 0. The zero-order chi connectivity index (χ0) is 19.6. The van der Waals surface area contributed by atoms with Crippen LogP contribution in [0.25, 0.3) is 0 Å². The van der Waals surface area contributed by atoms with Gasteiger partial charge in [-0.05, 0) is 53.5 Å². The summed E-state index contributed by atoms with van der Waals surface area (Å²) in [6.45, 7) is 2.09. The molecule has 27 heavy (non-hydrogen) atoms. The van der Waals surface area contributed by atoms with Gasteiger partial charge in [0.05, 0.1) is 19.3 Å². The maximum Gasteiger partial charge on any atom is 0.118 e. The summed E-state index contributed by atoms with van der Waals surface area (Å²) in [6, 6.07) is 14.0. The Morgan fingerprint density at radius 1 is 1.07 bits per heavy atom. The number of aliphatic hydroxyl groups is 2. The Hall–Kier alpha value is -2.52. The smallest absolute Gasteiger partial charge is 0.118 e. The third-order valence-electron chi connectivity index (χ3n) is 4.39. The Morgan fingerprint density at radius 3 is 2.44 bits per heavy atom.